The van der Waals surface area contributed by atoms with Gasteiger partial charge in [-0.3, -0.25) is 0 Å². The number of nitrogens with zero attached hydrogens (tertiary/aromatic N) is 1. The second kappa shape index (κ2) is 6.82. The van der Waals surface area contributed by atoms with Crippen LogP contribution in [0, 0.1) is 5.92 Å². The van der Waals surface area contributed by atoms with Crippen molar-refractivity contribution in [2.75, 3.05) is 11.9 Å². The van der Waals surface area contributed by atoms with Gasteiger partial charge in [0.25, 0.3) is 0 Å². The maximum atomic E-state index is 12.4. The summed E-state index contributed by atoms with van der Waals surface area (Å²) in [6, 6.07) is 3.43. The van der Waals surface area contributed by atoms with E-state index < -0.39 is 17.8 Å². The zero-order chi connectivity index (χ0) is 16.0. The summed E-state index contributed by atoms with van der Waals surface area (Å²) in [4.78, 5) is 11.5. The summed E-state index contributed by atoms with van der Waals surface area (Å²) < 4.78 is 37.1. The first-order valence-electron chi connectivity index (χ1n) is 5.93. The molecule has 0 aliphatic rings. The van der Waals surface area contributed by atoms with Crippen LogP contribution >= 0.6 is 0 Å². The number of nitrogens with one attached hydrogen (secondary N) is 2. The lowest BCUT2D eigenvalue weighted by Crippen LogP contribution is -2.36. The molecule has 0 aromatic heterocycles. The summed E-state index contributed by atoms with van der Waals surface area (Å²) in [5.41, 5.74) is 4.76. The minimum absolute atomic E-state index is 0.0372. The molecule has 0 spiro atoms. The number of carbonyl (C=O) groups is 1. The van der Waals surface area contributed by atoms with E-state index in [0.717, 1.165) is 24.3 Å². The Hall–Kier alpha value is -2.45. The van der Waals surface area contributed by atoms with Crippen LogP contribution in [0.5, 0.6) is 0 Å². The van der Waals surface area contributed by atoms with Crippen molar-refractivity contribution in [3.05, 3.63) is 29.8 Å². The Morgan fingerprint density at radius 2 is 1.95 bits per heavy atom. The first kappa shape index (κ1) is 16.6. The molecule has 0 saturated carbocycles. The zero-order valence-electron chi connectivity index (χ0n) is 11.1. The molecule has 0 aliphatic heterocycles. The summed E-state index contributed by atoms with van der Waals surface area (Å²) in [5.74, 6) is -0.418. The van der Waals surface area contributed by atoms with Crippen LogP contribution in [0.1, 0.15) is 12.5 Å². The second-order valence-corrected chi connectivity index (χ2v) is 4.34. The molecule has 0 radical (unpaired) electrons. The number of amidine groups is 1. The molecule has 5 N–H and O–H groups in total. The highest BCUT2D eigenvalue weighted by Crippen LogP contribution is 2.29. The van der Waals surface area contributed by atoms with Crippen molar-refractivity contribution in [2.45, 2.75) is 13.1 Å². The van der Waals surface area contributed by atoms with Gasteiger partial charge in [0.05, 0.1) is 5.56 Å². The number of alkyl halides is 3. The minimum atomic E-state index is -4.42. The van der Waals surface area contributed by atoms with Crippen LogP contribution < -0.4 is 16.4 Å². The molecule has 1 rings (SSSR count). The zero-order valence-corrected chi connectivity index (χ0v) is 11.1. The summed E-state index contributed by atoms with van der Waals surface area (Å²) in [7, 11) is 0. The minimum Gasteiger partial charge on any atom is -0.409 e. The summed E-state index contributed by atoms with van der Waals surface area (Å²) in [5, 5.41) is 16.1. The van der Waals surface area contributed by atoms with Crippen molar-refractivity contribution in [1.82, 2.24) is 5.32 Å². The van der Waals surface area contributed by atoms with Gasteiger partial charge in [0, 0.05) is 18.2 Å². The topological polar surface area (TPSA) is 99.7 Å². The van der Waals surface area contributed by atoms with Crippen LogP contribution in [0.25, 0.3) is 0 Å². The molecular formula is C12H15F3N4O2. The summed E-state index contributed by atoms with van der Waals surface area (Å²) in [6.45, 7) is 1.75. The highest BCUT2D eigenvalue weighted by Gasteiger charge is 2.29. The maximum Gasteiger partial charge on any atom is 0.416 e. The van der Waals surface area contributed by atoms with Gasteiger partial charge < -0.3 is 21.6 Å². The number of hydrogen-bond donors (Lipinski definition) is 4. The number of nitrogens with two attached hydrogens (primary N) is 1. The number of halogens is 3. The van der Waals surface area contributed by atoms with Crippen LogP contribution in [-0.2, 0) is 6.18 Å². The third-order valence-corrected chi connectivity index (χ3v) is 2.66. The van der Waals surface area contributed by atoms with Gasteiger partial charge in [0.1, 0.15) is 5.84 Å². The molecule has 1 atom stereocenters. The number of amides is 2. The molecule has 0 saturated heterocycles. The third kappa shape index (κ3) is 5.21. The number of carbonyl (C=O) groups excluding carboxylic acids is 1. The van der Waals surface area contributed by atoms with Gasteiger partial charge in [-0.2, -0.15) is 13.2 Å². The van der Waals surface area contributed by atoms with E-state index in [4.69, 9.17) is 10.9 Å². The summed E-state index contributed by atoms with van der Waals surface area (Å²) in [6.07, 6.45) is -4.42. The Labute approximate surface area is 118 Å². The predicted molar refractivity (Wildman–Crippen MR) is 71.0 cm³/mol. The van der Waals surface area contributed by atoms with E-state index in [1.165, 1.54) is 0 Å². The van der Waals surface area contributed by atoms with Crippen molar-refractivity contribution >= 4 is 17.6 Å². The van der Waals surface area contributed by atoms with Gasteiger partial charge in [-0.25, -0.2) is 4.79 Å². The molecule has 1 aromatic carbocycles. The van der Waals surface area contributed by atoms with E-state index in [-0.39, 0.29) is 24.0 Å². The van der Waals surface area contributed by atoms with Crippen molar-refractivity contribution in [3.8, 4) is 0 Å². The molecule has 0 aliphatic carbocycles. The third-order valence-electron chi connectivity index (χ3n) is 2.66. The Morgan fingerprint density at radius 3 is 2.43 bits per heavy atom. The molecule has 9 heteroatoms. The Morgan fingerprint density at radius 1 is 1.38 bits per heavy atom. The second-order valence-electron chi connectivity index (χ2n) is 4.34. The molecule has 6 nitrogen and oxygen atoms in total. The molecule has 1 aromatic rings. The Balaban J connectivity index is 2.52. The van der Waals surface area contributed by atoms with E-state index in [1.54, 1.807) is 6.92 Å². The Bertz CT molecular complexity index is 514. The fourth-order valence-corrected chi connectivity index (χ4v) is 1.37. The van der Waals surface area contributed by atoms with Gasteiger partial charge in [0.15, 0.2) is 0 Å². The van der Waals surface area contributed by atoms with Crippen molar-refractivity contribution in [1.29, 1.82) is 0 Å². The van der Waals surface area contributed by atoms with Gasteiger partial charge >= 0.3 is 12.2 Å². The van der Waals surface area contributed by atoms with Gasteiger partial charge in [-0.15, -0.1) is 0 Å². The fourth-order valence-electron chi connectivity index (χ4n) is 1.37. The average molecular weight is 304 g/mol. The van der Waals surface area contributed by atoms with E-state index in [1.807, 2.05) is 0 Å². The number of oxime groups is 1. The summed E-state index contributed by atoms with van der Waals surface area (Å²) >= 11 is 0. The lowest BCUT2D eigenvalue weighted by molar-refractivity contribution is -0.137. The SMILES string of the molecule is CC(CNC(=O)Nc1ccc(C(F)(F)F)cc1)C(N)=NO. The van der Waals surface area contributed by atoms with Crippen molar-refractivity contribution in [3.63, 3.8) is 0 Å². The first-order valence-corrected chi connectivity index (χ1v) is 5.93. The van der Waals surface area contributed by atoms with E-state index in [0.29, 0.717) is 0 Å². The van der Waals surface area contributed by atoms with E-state index in [9.17, 15) is 18.0 Å². The molecule has 1 unspecified atom stereocenters. The largest absolute Gasteiger partial charge is 0.416 e. The van der Waals surface area contributed by atoms with Gasteiger partial charge in [-0.1, -0.05) is 12.1 Å². The average Bonchev–Trinajstić information content (AvgIpc) is 2.43. The monoisotopic (exact) mass is 304 g/mol. The normalized spacial score (nSPS) is 13.6. The molecule has 2 amide bonds. The highest BCUT2D eigenvalue weighted by molar-refractivity contribution is 5.90. The molecule has 0 heterocycles. The first-order chi connectivity index (χ1) is 9.74. The highest BCUT2D eigenvalue weighted by atomic mass is 19.4. The van der Waals surface area contributed by atoms with Crippen LogP contribution in [0.15, 0.2) is 29.4 Å². The smallest absolute Gasteiger partial charge is 0.409 e. The van der Waals surface area contributed by atoms with Crippen LogP contribution in [0.4, 0.5) is 23.7 Å². The van der Waals surface area contributed by atoms with E-state index in [2.05, 4.69) is 15.8 Å². The lowest BCUT2D eigenvalue weighted by Gasteiger charge is -2.12. The van der Waals surface area contributed by atoms with Crippen molar-refractivity contribution in [2.24, 2.45) is 16.8 Å². The molecular weight excluding hydrogens is 289 g/mol. The van der Waals surface area contributed by atoms with Crippen molar-refractivity contribution < 1.29 is 23.2 Å². The molecule has 116 valence electrons. The quantitative estimate of drug-likeness (QED) is 0.297. The Kier molecular flexibility index (Phi) is 5.39. The van der Waals surface area contributed by atoms with Gasteiger partial charge in [-0.05, 0) is 24.3 Å². The van der Waals surface area contributed by atoms with Crippen LogP contribution in [0.2, 0.25) is 0 Å². The van der Waals surface area contributed by atoms with Crippen LogP contribution in [0.3, 0.4) is 0 Å². The number of rotatable bonds is 4. The standard InChI is InChI=1S/C12H15F3N4O2/c1-7(10(16)19-21)6-17-11(20)18-9-4-2-8(3-5-9)12(13,14)15/h2-5,7,21H,6H2,1H3,(H2,16,19)(H2,17,18,20). The molecule has 0 fully saturated rings. The lowest BCUT2D eigenvalue weighted by atomic mass is 10.1. The number of hydrogen-bond acceptors (Lipinski definition) is 3. The predicted octanol–water partition coefficient (Wildman–Crippen LogP) is 2.21. The molecule has 21 heavy (non-hydrogen) atoms. The molecule has 0 bridgehead atoms. The number of urea groups is 1. The maximum absolute atomic E-state index is 12.4. The van der Waals surface area contributed by atoms with E-state index >= 15 is 0 Å². The van der Waals surface area contributed by atoms with Crippen LogP contribution in [-0.4, -0.2) is 23.6 Å². The van der Waals surface area contributed by atoms with Gasteiger partial charge in [0.2, 0.25) is 0 Å². The fraction of sp³-hybridized carbons (Fsp3) is 0.333. The number of benzene rings is 1. The number of anilines is 1.